The average Bonchev–Trinajstić information content (AvgIpc) is 3.57. The molecule has 39 heavy (non-hydrogen) atoms. The first-order valence-corrected chi connectivity index (χ1v) is 15.4. The van der Waals surface area contributed by atoms with Gasteiger partial charge in [-0.15, -0.1) is 0 Å². The van der Waals surface area contributed by atoms with Gasteiger partial charge in [-0.1, -0.05) is 23.7 Å². The van der Waals surface area contributed by atoms with Gasteiger partial charge in [-0.05, 0) is 48.7 Å². The predicted molar refractivity (Wildman–Crippen MR) is 149 cm³/mol. The molecular weight excluding hydrogens is 540 g/mol. The van der Waals surface area contributed by atoms with Gasteiger partial charge >= 0.3 is 0 Å². The number of benzene rings is 2. The minimum atomic E-state index is -3.22. The standard InChI is InChI=1S/C28H31ClN4O5S/c29-20-3-6-22-24(15-20)39(35,36)17-23-25(27(34)32-11-14-38-28(18-32)7-8-28)30-33(26(22)23)21-4-1-19(2-5-21)16-31-9-12-37-13-10-31/h1-6,15,35-36H,7-14,16-18H2. The summed E-state index contributed by atoms with van der Waals surface area (Å²) in [4.78, 5) is 18.4. The van der Waals surface area contributed by atoms with E-state index in [9.17, 15) is 13.9 Å². The number of nitrogens with zero attached hydrogens (tertiary/aromatic N) is 4. The van der Waals surface area contributed by atoms with Crippen LogP contribution in [0.2, 0.25) is 5.02 Å². The van der Waals surface area contributed by atoms with Gasteiger partial charge in [-0.25, -0.2) is 4.68 Å². The first-order chi connectivity index (χ1) is 18.8. The molecule has 1 saturated carbocycles. The Hall–Kier alpha value is -2.44. The zero-order chi connectivity index (χ0) is 26.8. The summed E-state index contributed by atoms with van der Waals surface area (Å²) in [7, 11) is -3.22. The molecule has 11 heteroatoms. The number of ether oxygens (including phenoxy) is 2. The van der Waals surface area contributed by atoms with Crippen LogP contribution < -0.4 is 0 Å². The number of hydrogen-bond acceptors (Lipinski definition) is 7. The van der Waals surface area contributed by atoms with E-state index in [0.717, 1.165) is 51.4 Å². The monoisotopic (exact) mass is 570 g/mol. The van der Waals surface area contributed by atoms with Crippen molar-refractivity contribution in [2.75, 3.05) is 46.0 Å². The van der Waals surface area contributed by atoms with Gasteiger partial charge < -0.3 is 14.4 Å². The summed E-state index contributed by atoms with van der Waals surface area (Å²) in [5, 5.41) is 5.28. The molecule has 3 aliphatic heterocycles. The Morgan fingerprint density at radius 2 is 1.82 bits per heavy atom. The van der Waals surface area contributed by atoms with E-state index in [2.05, 4.69) is 17.0 Å². The van der Waals surface area contributed by atoms with Crippen molar-refractivity contribution in [2.24, 2.45) is 0 Å². The summed E-state index contributed by atoms with van der Waals surface area (Å²) in [6.07, 6.45) is 1.91. The smallest absolute Gasteiger partial charge is 0.274 e. The fraction of sp³-hybridized carbons (Fsp3) is 0.429. The van der Waals surface area contributed by atoms with Crippen molar-refractivity contribution in [3.05, 3.63) is 64.3 Å². The summed E-state index contributed by atoms with van der Waals surface area (Å²) in [6, 6.07) is 13.3. The Bertz CT molecular complexity index is 1430. The normalized spacial score (nSPS) is 22.3. The zero-order valence-corrected chi connectivity index (χ0v) is 23.1. The third-order valence-corrected chi connectivity index (χ3v) is 10.1. The molecule has 7 rings (SSSR count). The quantitative estimate of drug-likeness (QED) is 0.471. The van der Waals surface area contributed by atoms with Crippen LogP contribution in [0.25, 0.3) is 16.9 Å². The zero-order valence-electron chi connectivity index (χ0n) is 21.5. The second kappa shape index (κ2) is 9.59. The molecule has 1 aromatic heterocycles. The van der Waals surface area contributed by atoms with Gasteiger partial charge in [0.15, 0.2) is 5.69 Å². The molecule has 2 aromatic carbocycles. The summed E-state index contributed by atoms with van der Waals surface area (Å²) in [5.74, 6) is -0.280. The largest absolute Gasteiger partial charge is 0.379 e. The Balaban J connectivity index is 1.30. The molecule has 0 unspecified atom stereocenters. The Morgan fingerprint density at radius 3 is 2.56 bits per heavy atom. The van der Waals surface area contributed by atoms with E-state index in [4.69, 9.17) is 26.2 Å². The fourth-order valence-corrected chi connectivity index (χ4v) is 7.73. The highest BCUT2D eigenvalue weighted by Gasteiger charge is 2.49. The molecule has 9 nitrogen and oxygen atoms in total. The summed E-state index contributed by atoms with van der Waals surface area (Å²) in [5.41, 5.74) is 3.92. The number of amides is 1. The number of carbonyl (C=O) groups is 1. The minimum Gasteiger partial charge on any atom is -0.379 e. The SMILES string of the molecule is O=C(c1nn(-c2ccc(CN3CCOCC3)cc2)c2c1CS(O)(O)c1cc(Cl)ccc1-2)N1CCOC2(CC2)C1. The average molecular weight is 571 g/mol. The van der Waals surface area contributed by atoms with E-state index in [1.807, 2.05) is 12.1 Å². The molecule has 0 bridgehead atoms. The van der Waals surface area contributed by atoms with Gasteiger partial charge in [-0.3, -0.25) is 18.8 Å². The molecule has 0 atom stereocenters. The molecule has 3 fully saturated rings. The maximum absolute atomic E-state index is 13.9. The second-order valence-electron chi connectivity index (χ2n) is 10.9. The van der Waals surface area contributed by atoms with Crippen molar-refractivity contribution < 1.29 is 23.4 Å². The van der Waals surface area contributed by atoms with Crippen molar-refractivity contribution in [2.45, 2.75) is 35.6 Å². The lowest BCUT2D eigenvalue weighted by atomic mass is 10.0. The molecule has 4 heterocycles. The highest BCUT2D eigenvalue weighted by atomic mass is 35.5. The number of aromatic nitrogens is 2. The first-order valence-electron chi connectivity index (χ1n) is 13.3. The third kappa shape index (κ3) is 4.67. The highest BCUT2D eigenvalue weighted by molar-refractivity contribution is 8.23. The molecule has 1 aliphatic carbocycles. The Kier molecular flexibility index (Phi) is 6.27. The van der Waals surface area contributed by atoms with Crippen LogP contribution in [0, 0.1) is 0 Å². The number of hydrogen-bond donors (Lipinski definition) is 2. The van der Waals surface area contributed by atoms with Crippen LogP contribution in [0.15, 0.2) is 47.4 Å². The lowest BCUT2D eigenvalue weighted by Gasteiger charge is -2.38. The van der Waals surface area contributed by atoms with Gasteiger partial charge in [0.25, 0.3) is 5.91 Å². The van der Waals surface area contributed by atoms with Crippen molar-refractivity contribution in [1.82, 2.24) is 19.6 Å². The van der Waals surface area contributed by atoms with Gasteiger partial charge in [0.05, 0.1) is 54.0 Å². The van der Waals surface area contributed by atoms with Crippen LogP contribution in [0.3, 0.4) is 0 Å². The van der Waals surface area contributed by atoms with Crippen LogP contribution in [-0.4, -0.2) is 86.2 Å². The maximum atomic E-state index is 13.9. The van der Waals surface area contributed by atoms with Gasteiger partial charge in [0.2, 0.25) is 0 Å². The maximum Gasteiger partial charge on any atom is 0.274 e. The topological polar surface area (TPSA) is 100 Å². The number of morpholine rings is 2. The lowest BCUT2D eigenvalue weighted by molar-refractivity contribution is -0.0378. The van der Waals surface area contributed by atoms with E-state index in [-0.39, 0.29) is 23.0 Å². The van der Waals surface area contributed by atoms with Crippen LogP contribution in [0.1, 0.15) is 34.5 Å². The minimum absolute atomic E-state index is 0.0820. The molecule has 3 aromatic rings. The molecule has 1 spiro atoms. The molecular formula is C28H31ClN4O5S. The van der Waals surface area contributed by atoms with Gasteiger partial charge in [0, 0.05) is 42.3 Å². The van der Waals surface area contributed by atoms with Gasteiger partial charge in [0.1, 0.15) is 0 Å². The van der Waals surface area contributed by atoms with Crippen molar-refractivity contribution in [1.29, 1.82) is 0 Å². The number of carbonyl (C=O) groups excluding carboxylic acids is 1. The predicted octanol–water partition coefficient (Wildman–Crippen LogP) is 4.65. The van der Waals surface area contributed by atoms with Crippen molar-refractivity contribution >= 4 is 28.1 Å². The fourth-order valence-electron chi connectivity index (χ4n) is 5.83. The van der Waals surface area contributed by atoms with E-state index in [1.165, 1.54) is 5.56 Å². The van der Waals surface area contributed by atoms with E-state index in [1.54, 1.807) is 27.8 Å². The first kappa shape index (κ1) is 25.5. The molecule has 2 N–H and O–H groups in total. The molecule has 4 aliphatic rings. The summed E-state index contributed by atoms with van der Waals surface area (Å²) in [6.45, 7) is 5.68. The highest BCUT2D eigenvalue weighted by Crippen LogP contribution is 2.60. The summed E-state index contributed by atoms with van der Waals surface area (Å²) < 4.78 is 35.5. The van der Waals surface area contributed by atoms with Crippen LogP contribution in [0.5, 0.6) is 0 Å². The van der Waals surface area contributed by atoms with Crippen LogP contribution in [0.4, 0.5) is 0 Å². The third-order valence-electron chi connectivity index (χ3n) is 8.12. The van der Waals surface area contributed by atoms with E-state index < -0.39 is 10.6 Å². The van der Waals surface area contributed by atoms with Gasteiger partial charge in [-0.2, -0.15) is 15.7 Å². The van der Waals surface area contributed by atoms with Crippen molar-refractivity contribution in [3.63, 3.8) is 0 Å². The summed E-state index contributed by atoms with van der Waals surface area (Å²) >= 11 is 6.26. The number of halogens is 1. The lowest BCUT2D eigenvalue weighted by Crippen LogP contribution is -2.47. The second-order valence-corrected chi connectivity index (χ2v) is 13.4. The van der Waals surface area contributed by atoms with Crippen LogP contribution >= 0.6 is 22.2 Å². The molecule has 1 amide bonds. The Morgan fingerprint density at radius 1 is 1.05 bits per heavy atom. The van der Waals surface area contributed by atoms with Crippen molar-refractivity contribution in [3.8, 4) is 16.9 Å². The molecule has 206 valence electrons. The van der Waals surface area contributed by atoms with E-state index >= 15 is 0 Å². The van der Waals surface area contributed by atoms with E-state index in [0.29, 0.717) is 46.4 Å². The number of rotatable bonds is 4. The molecule has 0 radical (unpaired) electrons. The van der Waals surface area contributed by atoms with Crippen LogP contribution in [-0.2, 0) is 21.8 Å². The Labute approximate surface area is 233 Å². The number of fused-ring (bicyclic) bond motifs is 3. The molecule has 2 saturated heterocycles.